The molecular formula is C15H11ClF2O3. The van der Waals surface area contributed by atoms with Gasteiger partial charge in [0.15, 0.2) is 0 Å². The molecular weight excluding hydrogens is 302 g/mol. The molecule has 0 aliphatic carbocycles. The highest BCUT2D eigenvalue weighted by Crippen LogP contribution is 2.24. The van der Waals surface area contributed by atoms with Crippen LogP contribution in [0, 0.1) is 5.82 Å². The van der Waals surface area contributed by atoms with Gasteiger partial charge in [-0.05, 0) is 35.9 Å². The molecule has 0 atom stereocenters. The van der Waals surface area contributed by atoms with Crippen LogP contribution in [0.4, 0.5) is 8.92 Å². The minimum atomic E-state index is -1.03. The highest BCUT2D eigenvalue weighted by atomic mass is 35.5. The molecule has 0 amide bonds. The molecule has 0 aliphatic heterocycles. The van der Waals surface area contributed by atoms with Crippen LogP contribution in [-0.2, 0) is 11.4 Å². The molecule has 0 unspecified atom stereocenters. The molecule has 110 valence electrons. The molecule has 0 saturated carbocycles. The number of rotatable bonds is 5. The fraction of sp³-hybridized carbons (Fsp3) is 0.133. The van der Waals surface area contributed by atoms with Gasteiger partial charge in [0.05, 0.1) is 17.2 Å². The highest BCUT2D eigenvalue weighted by Gasteiger charge is 2.07. The standard InChI is InChI=1S/C15H11ClF2O3/c16-13-9-12(17)5-6-14(13)20-8-7-10-1-3-11(4-2-10)15(19)21-18/h1-6,9H,7-8H2. The first-order valence-corrected chi connectivity index (χ1v) is 6.47. The lowest BCUT2D eigenvalue weighted by molar-refractivity contribution is -0.0788. The third kappa shape index (κ3) is 4.16. The van der Waals surface area contributed by atoms with E-state index in [-0.39, 0.29) is 10.6 Å². The second-order valence-corrected chi connectivity index (χ2v) is 4.64. The lowest BCUT2D eigenvalue weighted by Gasteiger charge is -2.08. The largest absolute Gasteiger partial charge is 0.492 e. The van der Waals surface area contributed by atoms with E-state index < -0.39 is 11.8 Å². The van der Waals surface area contributed by atoms with E-state index in [0.717, 1.165) is 5.56 Å². The first-order valence-electron chi connectivity index (χ1n) is 6.10. The maximum Gasteiger partial charge on any atom is 0.379 e. The molecule has 2 aromatic carbocycles. The first kappa shape index (κ1) is 15.3. The molecule has 0 aliphatic rings. The van der Waals surface area contributed by atoms with E-state index >= 15 is 0 Å². The van der Waals surface area contributed by atoms with Crippen LogP contribution in [0.2, 0.25) is 5.02 Å². The van der Waals surface area contributed by atoms with Crippen molar-refractivity contribution in [2.75, 3.05) is 6.61 Å². The van der Waals surface area contributed by atoms with Gasteiger partial charge in [-0.15, -0.1) is 0 Å². The van der Waals surface area contributed by atoms with Crippen molar-refractivity contribution in [3.05, 3.63) is 64.4 Å². The van der Waals surface area contributed by atoms with Crippen molar-refractivity contribution in [2.45, 2.75) is 6.42 Å². The summed E-state index contributed by atoms with van der Waals surface area (Å²) in [6.45, 7) is 0.332. The number of halogens is 3. The van der Waals surface area contributed by atoms with Crippen LogP contribution >= 0.6 is 11.6 Å². The Morgan fingerprint density at radius 3 is 2.48 bits per heavy atom. The van der Waals surface area contributed by atoms with Gasteiger partial charge in [0, 0.05) is 10.9 Å². The second kappa shape index (κ2) is 7.04. The average molecular weight is 313 g/mol. The minimum absolute atomic E-state index is 0.128. The van der Waals surface area contributed by atoms with Crippen LogP contribution in [0.5, 0.6) is 5.75 Å². The van der Waals surface area contributed by atoms with E-state index in [1.54, 1.807) is 12.1 Å². The fourth-order valence-electron chi connectivity index (χ4n) is 1.72. The van der Waals surface area contributed by atoms with Crippen LogP contribution in [-0.4, -0.2) is 12.6 Å². The lowest BCUT2D eigenvalue weighted by atomic mass is 10.1. The Morgan fingerprint density at radius 2 is 1.86 bits per heavy atom. The van der Waals surface area contributed by atoms with Gasteiger partial charge in [-0.3, -0.25) is 0 Å². The Balaban J connectivity index is 1.90. The predicted molar refractivity (Wildman–Crippen MR) is 73.6 cm³/mol. The zero-order valence-electron chi connectivity index (χ0n) is 10.8. The normalized spacial score (nSPS) is 10.2. The third-order valence-electron chi connectivity index (χ3n) is 2.80. The number of benzene rings is 2. The monoisotopic (exact) mass is 312 g/mol. The molecule has 0 bridgehead atoms. The number of ether oxygens (including phenoxy) is 1. The van der Waals surface area contributed by atoms with Crippen LogP contribution in [0.3, 0.4) is 0 Å². The number of hydrogen-bond acceptors (Lipinski definition) is 3. The smallest absolute Gasteiger partial charge is 0.379 e. The van der Waals surface area contributed by atoms with Crippen LogP contribution < -0.4 is 4.74 Å². The summed E-state index contributed by atoms with van der Waals surface area (Å²) < 4.78 is 30.0. The first-order chi connectivity index (χ1) is 10.1. The van der Waals surface area contributed by atoms with Gasteiger partial charge >= 0.3 is 5.97 Å². The molecule has 3 nitrogen and oxygen atoms in total. The van der Waals surface area contributed by atoms with Gasteiger partial charge in [-0.2, -0.15) is 0 Å². The quantitative estimate of drug-likeness (QED) is 0.832. The molecule has 0 N–H and O–H groups in total. The summed E-state index contributed by atoms with van der Waals surface area (Å²) in [5.41, 5.74) is 1.02. The summed E-state index contributed by atoms with van der Waals surface area (Å²) in [4.78, 5) is 14.1. The van der Waals surface area contributed by atoms with E-state index in [0.29, 0.717) is 18.8 Å². The van der Waals surface area contributed by atoms with E-state index in [2.05, 4.69) is 4.94 Å². The maximum absolute atomic E-state index is 12.9. The summed E-state index contributed by atoms with van der Waals surface area (Å²) in [5, 5.41) is 0.205. The molecule has 2 rings (SSSR count). The van der Waals surface area contributed by atoms with Crippen molar-refractivity contribution in [2.24, 2.45) is 0 Å². The Bertz CT molecular complexity index is 629. The van der Waals surface area contributed by atoms with Gasteiger partial charge in [0.25, 0.3) is 0 Å². The molecule has 0 aromatic heterocycles. The molecule has 0 fully saturated rings. The lowest BCUT2D eigenvalue weighted by Crippen LogP contribution is -2.03. The SMILES string of the molecule is O=C(OF)c1ccc(CCOc2ccc(F)cc2Cl)cc1. The number of carbonyl (C=O) groups excluding carboxylic acids is 1. The predicted octanol–water partition coefficient (Wildman–Crippen LogP) is 4.14. The summed E-state index contributed by atoms with van der Waals surface area (Å²) in [6, 6.07) is 10.2. The van der Waals surface area contributed by atoms with Crippen LogP contribution in [0.15, 0.2) is 42.5 Å². The summed E-state index contributed by atoms with van der Waals surface area (Å²) in [5.74, 6) is -1.06. The molecule has 6 heteroatoms. The fourth-order valence-corrected chi connectivity index (χ4v) is 1.94. The van der Waals surface area contributed by atoms with Gasteiger partial charge in [0.2, 0.25) is 0 Å². The van der Waals surface area contributed by atoms with Crippen molar-refractivity contribution in [3.63, 3.8) is 0 Å². The van der Waals surface area contributed by atoms with E-state index in [1.165, 1.54) is 30.3 Å². The topological polar surface area (TPSA) is 35.5 Å². The van der Waals surface area contributed by atoms with Crippen molar-refractivity contribution in [3.8, 4) is 5.75 Å². The number of hydrogen-bond donors (Lipinski definition) is 0. The van der Waals surface area contributed by atoms with Crippen molar-refractivity contribution < 1.29 is 23.4 Å². The van der Waals surface area contributed by atoms with Crippen molar-refractivity contribution in [1.29, 1.82) is 0 Å². The molecule has 2 aromatic rings. The molecule has 0 radical (unpaired) electrons. The van der Waals surface area contributed by atoms with E-state index in [4.69, 9.17) is 16.3 Å². The maximum atomic E-state index is 12.9. The summed E-state index contributed by atoms with van der Waals surface area (Å²) in [6.07, 6.45) is 0.554. The third-order valence-corrected chi connectivity index (χ3v) is 3.10. The average Bonchev–Trinajstić information content (AvgIpc) is 2.49. The molecule has 0 heterocycles. The van der Waals surface area contributed by atoms with E-state index in [1.807, 2.05) is 0 Å². The Morgan fingerprint density at radius 1 is 1.14 bits per heavy atom. The minimum Gasteiger partial charge on any atom is -0.492 e. The molecule has 0 spiro atoms. The van der Waals surface area contributed by atoms with Crippen molar-refractivity contribution in [1.82, 2.24) is 0 Å². The Hall–Kier alpha value is -2.14. The molecule has 21 heavy (non-hydrogen) atoms. The second-order valence-electron chi connectivity index (χ2n) is 4.23. The number of carbonyl (C=O) groups is 1. The highest BCUT2D eigenvalue weighted by molar-refractivity contribution is 6.32. The Kier molecular flexibility index (Phi) is 5.11. The zero-order valence-corrected chi connectivity index (χ0v) is 11.6. The van der Waals surface area contributed by atoms with Crippen LogP contribution in [0.25, 0.3) is 0 Å². The molecule has 0 saturated heterocycles. The zero-order chi connectivity index (χ0) is 15.2. The van der Waals surface area contributed by atoms with Crippen molar-refractivity contribution >= 4 is 17.6 Å². The van der Waals surface area contributed by atoms with Gasteiger partial charge in [-0.25, -0.2) is 14.1 Å². The van der Waals surface area contributed by atoms with Gasteiger partial charge in [0.1, 0.15) is 11.6 Å². The van der Waals surface area contributed by atoms with E-state index in [9.17, 15) is 13.7 Å². The summed E-state index contributed by atoms with van der Waals surface area (Å²) in [7, 11) is 0. The Labute approximate surface area is 125 Å². The van der Waals surface area contributed by atoms with Crippen LogP contribution in [0.1, 0.15) is 15.9 Å². The summed E-state index contributed by atoms with van der Waals surface area (Å²) >= 11 is 5.83. The van der Waals surface area contributed by atoms with Gasteiger partial charge < -0.3 is 4.74 Å². The van der Waals surface area contributed by atoms with Gasteiger partial charge in [-0.1, -0.05) is 23.7 Å².